The molecule has 88 valence electrons. The summed E-state index contributed by atoms with van der Waals surface area (Å²) in [6, 6.07) is -0.0362. The van der Waals surface area contributed by atoms with Gasteiger partial charge in [-0.1, -0.05) is 13.8 Å². The molecule has 0 bridgehead atoms. The van der Waals surface area contributed by atoms with Crippen molar-refractivity contribution in [1.82, 2.24) is 9.97 Å². The minimum atomic E-state index is -0.0362. The normalized spacial score (nSPS) is 17.3. The summed E-state index contributed by atoms with van der Waals surface area (Å²) in [5.74, 6) is 1.22. The Morgan fingerprint density at radius 2 is 1.81 bits per heavy atom. The largest absolute Gasteiger partial charge is 0.321 e. The first-order valence-corrected chi connectivity index (χ1v) is 6.21. The number of nitrogens with zero attached hydrogens (tertiary/aromatic N) is 2. The molecule has 1 heterocycles. The number of aryl methyl sites for hydroxylation is 2. The lowest BCUT2D eigenvalue weighted by atomic mass is 9.94. The summed E-state index contributed by atoms with van der Waals surface area (Å²) in [4.78, 5) is 9.23. The smallest absolute Gasteiger partial charge is 0.145 e. The second-order valence-electron chi connectivity index (χ2n) is 5.07. The van der Waals surface area contributed by atoms with Gasteiger partial charge in [-0.25, -0.2) is 9.97 Å². The maximum atomic E-state index is 6.11. The van der Waals surface area contributed by atoms with E-state index in [1.807, 2.05) is 0 Å². The highest BCUT2D eigenvalue weighted by Crippen LogP contribution is 2.24. The van der Waals surface area contributed by atoms with E-state index in [0.29, 0.717) is 5.92 Å². The van der Waals surface area contributed by atoms with Crippen molar-refractivity contribution in [3.63, 3.8) is 0 Å². The monoisotopic (exact) mass is 219 g/mol. The number of hydrogen-bond donors (Lipinski definition) is 1. The van der Waals surface area contributed by atoms with Crippen LogP contribution in [0, 0.1) is 12.8 Å². The van der Waals surface area contributed by atoms with Crippen molar-refractivity contribution in [2.45, 2.75) is 52.5 Å². The summed E-state index contributed by atoms with van der Waals surface area (Å²) in [5.41, 5.74) is 9.86. The van der Waals surface area contributed by atoms with Gasteiger partial charge in [0.1, 0.15) is 5.82 Å². The molecule has 1 aromatic rings. The van der Waals surface area contributed by atoms with E-state index in [0.717, 1.165) is 24.4 Å². The van der Waals surface area contributed by atoms with Crippen LogP contribution in [0.2, 0.25) is 0 Å². The Morgan fingerprint density at radius 3 is 2.50 bits per heavy atom. The van der Waals surface area contributed by atoms with Crippen LogP contribution in [0.3, 0.4) is 0 Å². The van der Waals surface area contributed by atoms with Crippen molar-refractivity contribution in [2.75, 3.05) is 0 Å². The Morgan fingerprint density at radius 1 is 1.12 bits per heavy atom. The molecule has 2 N–H and O–H groups in total. The summed E-state index contributed by atoms with van der Waals surface area (Å²) < 4.78 is 0. The first kappa shape index (κ1) is 11.5. The van der Waals surface area contributed by atoms with Crippen LogP contribution in [0.1, 0.15) is 55.5 Å². The fourth-order valence-corrected chi connectivity index (χ4v) is 2.25. The van der Waals surface area contributed by atoms with Crippen molar-refractivity contribution >= 4 is 0 Å². The highest BCUT2D eigenvalue weighted by atomic mass is 14.9. The standard InChI is InChI=1S/C13H21N3/c1-8(2)12(14)13-15-9(3)10-6-4-5-7-11(10)16-13/h8,12H,4-7,14H2,1-3H3. The SMILES string of the molecule is Cc1nc(C(N)C(C)C)nc2c1CCCC2. The van der Waals surface area contributed by atoms with Crippen molar-refractivity contribution in [3.8, 4) is 0 Å². The predicted octanol–water partition coefficient (Wildman–Crippen LogP) is 2.32. The molecule has 0 aromatic carbocycles. The number of fused-ring (bicyclic) bond motifs is 1. The molecule has 16 heavy (non-hydrogen) atoms. The lowest BCUT2D eigenvalue weighted by molar-refractivity contribution is 0.483. The van der Waals surface area contributed by atoms with Gasteiger partial charge in [0.05, 0.1) is 6.04 Å². The van der Waals surface area contributed by atoms with Crippen molar-refractivity contribution in [1.29, 1.82) is 0 Å². The summed E-state index contributed by atoms with van der Waals surface area (Å²) in [6.07, 6.45) is 4.75. The van der Waals surface area contributed by atoms with Gasteiger partial charge in [-0.15, -0.1) is 0 Å². The second kappa shape index (κ2) is 4.50. The van der Waals surface area contributed by atoms with Crippen molar-refractivity contribution in [3.05, 3.63) is 22.8 Å². The van der Waals surface area contributed by atoms with E-state index in [1.165, 1.54) is 24.1 Å². The van der Waals surface area contributed by atoms with Crippen LogP contribution in [-0.2, 0) is 12.8 Å². The maximum Gasteiger partial charge on any atom is 0.145 e. The molecule has 0 fully saturated rings. The van der Waals surface area contributed by atoms with E-state index in [9.17, 15) is 0 Å². The number of hydrogen-bond acceptors (Lipinski definition) is 3. The van der Waals surface area contributed by atoms with Gasteiger partial charge >= 0.3 is 0 Å². The highest BCUT2D eigenvalue weighted by molar-refractivity contribution is 5.28. The molecule has 1 unspecified atom stereocenters. The van der Waals surface area contributed by atoms with E-state index in [1.54, 1.807) is 0 Å². The van der Waals surface area contributed by atoms with E-state index >= 15 is 0 Å². The number of rotatable bonds is 2. The van der Waals surface area contributed by atoms with Gasteiger partial charge in [0.15, 0.2) is 0 Å². The second-order valence-corrected chi connectivity index (χ2v) is 5.07. The average Bonchev–Trinajstić information content (AvgIpc) is 2.28. The third kappa shape index (κ3) is 2.09. The van der Waals surface area contributed by atoms with Crippen LogP contribution in [0.4, 0.5) is 0 Å². The zero-order valence-corrected chi connectivity index (χ0v) is 10.5. The average molecular weight is 219 g/mol. The van der Waals surface area contributed by atoms with Crippen LogP contribution >= 0.6 is 0 Å². The minimum absolute atomic E-state index is 0.0362. The highest BCUT2D eigenvalue weighted by Gasteiger charge is 2.19. The fraction of sp³-hybridized carbons (Fsp3) is 0.692. The van der Waals surface area contributed by atoms with Crippen LogP contribution in [0.5, 0.6) is 0 Å². The van der Waals surface area contributed by atoms with Gasteiger partial charge in [0, 0.05) is 11.4 Å². The van der Waals surface area contributed by atoms with E-state index < -0.39 is 0 Å². The molecular weight excluding hydrogens is 198 g/mol. The van der Waals surface area contributed by atoms with Crippen LogP contribution < -0.4 is 5.73 Å². The van der Waals surface area contributed by atoms with Gasteiger partial charge in [0.25, 0.3) is 0 Å². The Bertz CT molecular complexity index is 385. The van der Waals surface area contributed by atoms with Gasteiger partial charge in [-0.3, -0.25) is 0 Å². The van der Waals surface area contributed by atoms with Gasteiger partial charge in [0.2, 0.25) is 0 Å². The molecule has 2 rings (SSSR count). The minimum Gasteiger partial charge on any atom is -0.321 e. The topological polar surface area (TPSA) is 51.8 Å². The Labute approximate surface area is 97.5 Å². The summed E-state index contributed by atoms with van der Waals surface area (Å²) in [6.45, 7) is 6.31. The van der Waals surface area contributed by atoms with E-state index in [-0.39, 0.29) is 6.04 Å². The first-order valence-electron chi connectivity index (χ1n) is 6.21. The Hall–Kier alpha value is -0.960. The van der Waals surface area contributed by atoms with Gasteiger partial charge in [-0.2, -0.15) is 0 Å². The molecular formula is C13H21N3. The zero-order chi connectivity index (χ0) is 11.7. The molecule has 0 amide bonds. The zero-order valence-electron chi connectivity index (χ0n) is 10.5. The summed E-state index contributed by atoms with van der Waals surface area (Å²) in [5, 5.41) is 0. The molecule has 3 nitrogen and oxygen atoms in total. The molecule has 0 aliphatic heterocycles. The van der Waals surface area contributed by atoms with E-state index in [2.05, 4.69) is 30.7 Å². The van der Waals surface area contributed by atoms with Gasteiger partial charge < -0.3 is 5.73 Å². The van der Waals surface area contributed by atoms with Gasteiger partial charge in [-0.05, 0) is 44.1 Å². The molecule has 1 aliphatic carbocycles. The first-order chi connectivity index (χ1) is 7.59. The Balaban J connectivity index is 2.39. The molecule has 0 spiro atoms. The van der Waals surface area contributed by atoms with Crippen molar-refractivity contribution in [2.24, 2.45) is 11.7 Å². The lowest BCUT2D eigenvalue weighted by Gasteiger charge is -2.21. The molecule has 1 aliphatic rings. The predicted molar refractivity (Wildman–Crippen MR) is 65.2 cm³/mol. The fourth-order valence-electron chi connectivity index (χ4n) is 2.25. The summed E-state index contributed by atoms with van der Waals surface area (Å²) in [7, 11) is 0. The number of nitrogens with two attached hydrogens (primary N) is 1. The van der Waals surface area contributed by atoms with Crippen LogP contribution in [0.15, 0.2) is 0 Å². The van der Waals surface area contributed by atoms with Crippen molar-refractivity contribution < 1.29 is 0 Å². The quantitative estimate of drug-likeness (QED) is 0.830. The molecule has 3 heteroatoms. The summed E-state index contributed by atoms with van der Waals surface area (Å²) >= 11 is 0. The molecule has 1 aromatic heterocycles. The number of aromatic nitrogens is 2. The maximum absolute atomic E-state index is 6.11. The van der Waals surface area contributed by atoms with Crippen LogP contribution in [-0.4, -0.2) is 9.97 Å². The third-order valence-electron chi connectivity index (χ3n) is 3.42. The molecule has 1 atom stereocenters. The van der Waals surface area contributed by atoms with Crippen LogP contribution in [0.25, 0.3) is 0 Å². The Kier molecular flexibility index (Phi) is 3.24. The molecule has 0 radical (unpaired) electrons. The lowest BCUT2D eigenvalue weighted by Crippen LogP contribution is -2.22. The molecule has 0 saturated heterocycles. The van der Waals surface area contributed by atoms with E-state index in [4.69, 9.17) is 5.73 Å². The molecule has 0 saturated carbocycles. The third-order valence-corrected chi connectivity index (χ3v) is 3.42.